The summed E-state index contributed by atoms with van der Waals surface area (Å²) in [5.41, 5.74) is 0.234. The molecule has 1 fully saturated rings. The van der Waals surface area contributed by atoms with Gasteiger partial charge in [0.1, 0.15) is 0 Å². The lowest BCUT2D eigenvalue weighted by Gasteiger charge is -2.38. The van der Waals surface area contributed by atoms with Gasteiger partial charge < -0.3 is 10.6 Å². The fourth-order valence-corrected chi connectivity index (χ4v) is 2.26. The number of nitrogens with one attached hydrogen (secondary N) is 2. The van der Waals surface area contributed by atoms with E-state index in [2.05, 4.69) is 22.5 Å². The fraction of sp³-hybridized carbons (Fsp3) is 0.571. The van der Waals surface area contributed by atoms with Crippen LogP contribution >= 0.6 is 0 Å². The lowest BCUT2D eigenvalue weighted by Crippen LogP contribution is -2.40. The van der Waals surface area contributed by atoms with E-state index >= 15 is 0 Å². The quantitative estimate of drug-likeness (QED) is 0.860. The van der Waals surface area contributed by atoms with Crippen molar-refractivity contribution in [2.75, 3.05) is 18.4 Å². The third-order valence-electron chi connectivity index (χ3n) is 3.71. The molecular formula is C14H20FN3O. The van der Waals surface area contributed by atoms with Crippen LogP contribution < -0.4 is 10.6 Å². The Morgan fingerprint density at radius 2 is 2.26 bits per heavy atom. The third-order valence-corrected chi connectivity index (χ3v) is 3.71. The summed E-state index contributed by atoms with van der Waals surface area (Å²) in [6.07, 6.45) is 4.89. The van der Waals surface area contributed by atoms with Crippen molar-refractivity contribution in [3.05, 3.63) is 23.6 Å². The normalized spacial score (nSPS) is 16.6. The van der Waals surface area contributed by atoms with Crippen LogP contribution in [0.15, 0.2) is 12.3 Å². The minimum Gasteiger partial charge on any atom is -0.368 e. The van der Waals surface area contributed by atoms with Crippen molar-refractivity contribution in [2.45, 2.75) is 33.1 Å². The lowest BCUT2D eigenvalue weighted by molar-refractivity contribution is 0.0887. The molecule has 0 atom stereocenters. The Hall–Kier alpha value is -1.65. The number of anilines is 1. The maximum Gasteiger partial charge on any atom is 0.254 e. The molecule has 0 saturated heterocycles. The van der Waals surface area contributed by atoms with Crippen molar-refractivity contribution in [3.8, 4) is 0 Å². The van der Waals surface area contributed by atoms with Crippen LogP contribution in [-0.2, 0) is 0 Å². The van der Waals surface area contributed by atoms with Crippen LogP contribution in [0.1, 0.15) is 43.5 Å². The molecular weight excluding hydrogens is 245 g/mol. The number of carbonyl (C=O) groups excluding carboxylic acids is 1. The lowest BCUT2D eigenvalue weighted by atomic mass is 9.70. The molecule has 1 aliphatic rings. The van der Waals surface area contributed by atoms with Gasteiger partial charge in [-0.05, 0) is 31.2 Å². The molecule has 2 N–H and O–H groups in total. The minimum absolute atomic E-state index is 0.0499. The molecule has 4 nitrogen and oxygen atoms in total. The number of halogens is 1. The van der Waals surface area contributed by atoms with E-state index in [1.54, 1.807) is 0 Å². The van der Waals surface area contributed by atoms with Crippen LogP contribution in [0.5, 0.6) is 0 Å². The second-order valence-electron chi connectivity index (χ2n) is 5.40. The van der Waals surface area contributed by atoms with Gasteiger partial charge in [0.25, 0.3) is 5.91 Å². The Kier molecular flexibility index (Phi) is 4.02. The van der Waals surface area contributed by atoms with Gasteiger partial charge in [0.05, 0.1) is 5.56 Å². The van der Waals surface area contributed by atoms with Crippen LogP contribution in [0, 0.1) is 11.2 Å². The first kappa shape index (κ1) is 13.8. The average molecular weight is 265 g/mol. The Labute approximate surface area is 112 Å². The van der Waals surface area contributed by atoms with E-state index in [4.69, 9.17) is 0 Å². The molecule has 0 unspecified atom stereocenters. The molecule has 1 amide bonds. The molecule has 0 aromatic carbocycles. The van der Waals surface area contributed by atoms with E-state index < -0.39 is 5.82 Å². The summed E-state index contributed by atoms with van der Waals surface area (Å²) in [7, 11) is 0. The molecule has 0 radical (unpaired) electrons. The number of rotatable bonds is 5. The molecule has 1 aromatic heterocycles. The van der Waals surface area contributed by atoms with Crippen molar-refractivity contribution < 1.29 is 9.18 Å². The molecule has 1 aromatic rings. The summed E-state index contributed by atoms with van der Waals surface area (Å²) in [6, 6.07) is 1.41. The highest BCUT2D eigenvalue weighted by Gasteiger charge is 2.32. The van der Waals surface area contributed by atoms with Crippen LogP contribution in [-0.4, -0.2) is 24.0 Å². The third kappa shape index (κ3) is 3.03. The molecule has 2 rings (SSSR count). The predicted molar refractivity (Wildman–Crippen MR) is 72.6 cm³/mol. The average Bonchev–Trinajstić information content (AvgIpc) is 2.36. The maximum absolute atomic E-state index is 14.0. The van der Waals surface area contributed by atoms with Crippen molar-refractivity contribution in [2.24, 2.45) is 5.41 Å². The molecule has 1 heterocycles. The summed E-state index contributed by atoms with van der Waals surface area (Å²) in [5, 5.41) is 5.62. The van der Waals surface area contributed by atoms with Gasteiger partial charge in [-0.15, -0.1) is 0 Å². The van der Waals surface area contributed by atoms with E-state index in [1.165, 1.54) is 18.7 Å². The van der Waals surface area contributed by atoms with Crippen LogP contribution in [0.25, 0.3) is 0 Å². The summed E-state index contributed by atoms with van der Waals surface area (Å²) < 4.78 is 14.0. The SMILES string of the molecule is CCNc1nccc(C(=O)NCC2(C)CCC2)c1F. The second-order valence-corrected chi connectivity index (χ2v) is 5.40. The zero-order valence-corrected chi connectivity index (χ0v) is 11.4. The zero-order chi connectivity index (χ0) is 13.9. The highest BCUT2D eigenvalue weighted by atomic mass is 19.1. The van der Waals surface area contributed by atoms with Crippen LogP contribution in [0.2, 0.25) is 0 Å². The van der Waals surface area contributed by atoms with E-state index in [-0.39, 0.29) is 22.7 Å². The van der Waals surface area contributed by atoms with Crippen molar-refractivity contribution in [1.82, 2.24) is 10.3 Å². The number of amides is 1. The van der Waals surface area contributed by atoms with Gasteiger partial charge in [-0.25, -0.2) is 9.37 Å². The molecule has 1 aliphatic carbocycles. The monoisotopic (exact) mass is 265 g/mol. The number of carbonyl (C=O) groups is 1. The van der Waals surface area contributed by atoms with E-state index in [0.717, 1.165) is 12.8 Å². The standard InChI is InChI=1S/C14H20FN3O/c1-3-16-12-11(15)10(5-8-17-12)13(19)18-9-14(2)6-4-7-14/h5,8H,3-4,6-7,9H2,1-2H3,(H,16,17)(H,18,19). The molecule has 1 saturated carbocycles. The van der Waals surface area contributed by atoms with Crippen LogP contribution in [0.4, 0.5) is 10.2 Å². The molecule has 19 heavy (non-hydrogen) atoms. The Bertz CT molecular complexity index is 472. The molecule has 0 bridgehead atoms. The van der Waals surface area contributed by atoms with Crippen molar-refractivity contribution in [1.29, 1.82) is 0 Å². The summed E-state index contributed by atoms with van der Waals surface area (Å²) in [4.78, 5) is 15.9. The first-order valence-electron chi connectivity index (χ1n) is 6.72. The highest BCUT2D eigenvalue weighted by Crippen LogP contribution is 2.39. The Morgan fingerprint density at radius 1 is 1.53 bits per heavy atom. The van der Waals surface area contributed by atoms with E-state index in [0.29, 0.717) is 13.1 Å². The van der Waals surface area contributed by atoms with E-state index in [1.807, 2.05) is 6.92 Å². The number of nitrogens with zero attached hydrogens (tertiary/aromatic N) is 1. The van der Waals surface area contributed by atoms with Gasteiger partial charge in [0, 0.05) is 19.3 Å². The summed E-state index contributed by atoms with van der Waals surface area (Å²) in [6.45, 7) is 5.16. The predicted octanol–water partition coefficient (Wildman–Crippen LogP) is 2.57. The smallest absolute Gasteiger partial charge is 0.254 e. The first-order chi connectivity index (χ1) is 9.06. The van der Waals surface area contributed by atoms with Crippen LogP contribution in [0.3, 0.4) is 0 Å². The van der Waals surface area contributed by atoms with Gasteiger partial charge in [0.2, 0.25) is 0 Å². The molecule has 5 heteroatoms. The topological polar surface area (TPSA) is 54.0 Å². The highest BCUT2D eigenvalue weighted by molar-refractivity contribution is 5.95. The number of aromatic nitrogens is 1. The largest absolute Gasteiger partial charge is 0.368 e. The first-order valence-corrected chi connectivity index (χ1v) is 6.72. The zero-order valence-electron chi connectivity index (χ0n) is 11.4. The second kappa shape index (κ2) is 5.55. The number of hydrogen-bond donors (Lipinski definition) is 2. The van der Waals surface area contributed by atoms with Gasteiger partial charge in [-0.2, -0.15) is 0 Å². The van der Waals surface area contributed by atoms with Crippen molar-refractivity contribution in [3.63, 3.8) is 0 Å². The Balaban J connectivity index is 2.04. The van der Waals surface area contributed by atoms with Gasteiger partial charge in [-0.1, -0.05) is 13.3 Å². The maximum atomic E-state index is 14.0. The molecule has 0 spiro atoms. The Morgan fingerprint density at radius 3 is 2.84 bits per heavy atom. The van der Waals surface area contributed by atoms with Crippen molar-refractivity contribution >= 4 is 11.7 Å². The number of pyridine rings is 1. The minimum atomic E-state index is -0.583. The van der Waals surface area contributed by atoms with Gasteiger partial charge >= 0.3 is 0 Å². The summed E-state index contributed by atoms with van der Waals surface area (Å²) >= 11 is 0. The molecule has 0 aliphatic heterocycles. The summed E-state index contributed by atoms with van der Waals surface area (Å²) in [5.74, 6) is -0.821. The fourth-order valence-electron chi connectivity index (χ4n) is 2.26. The van der Waals surface area contributed by atoms with Gasteiger partial charge in [-0.3, -0.25) is 4.79 Å². The van der Waals surface area contributed by atoms with Gasteiger partial charge in [0.15, 0.2) is 11.6 Å². The molecule has 104 valence electrons. The van der Waals surface area contributed by atoms with E-state index in [9.17, 15) is 9.18 Å². The number of hydrogen-bond acceptors (Lipinski definition) is 3.